The number of aliphatic hydroxyl groups excluding tert-OH is 1. The van der Waals surface area contributed by atoms with Crippen LogP contribution in [0.3, 0.4) is 0 Å². The molecule has 0 radical (unpaired) electrons. The maximum Gasteiger partial charge on any atom is 0.220 e. The molecule has 0 aliphatic carbocycles. The second kappa shape index (κ2) is 18.7. The van der Waals surface area contributed by atoms with E-state index in [2.05, 4.69) is 23.8 Å². The average molecular weight is 730 g/mol. The summed E-state index contributed by atoms with van der Waals surface area (Å²) in [5.74, 6) is 0.179. The highest BCUT2D eigenvalue weighted by molar-refractivity contribution is 7.17. The number of benzene rings is 3. The lowest BCUT2D eigenvalue weighted by Crippen LogP contribution is -2.48. The van der Waals surface area contributed by atoms with Crippen LogP contribution in [-0.4, -0.2) is 94.3 Å². The van der Waals surface area contributed by atoms with E-state index in [4.69, 9.17) is 33.2 Å². The molecule has 2 aliphatic rings. The van der Waals surface area contributed by atoms with Crippen molar-refractivity contribution in [3.05, 3.63) is 95.6 Å². The molecule has 0 spiro atoms. The van der Waals surface area contributed by atoms with E-state index in [9.17, 15) is 9.90 Å². The third-order valence-corrected chi connectivity index (χ3v) is 10.4. The molecule has 3 aromatic carbocycles. The van der Waals surface area contributed by atoms with Crippen LogP contribution in [0, 0.1) is 5.92 Å². The predicted octanol–water partition coefficient (Wildman–Crippen LogP) is 5.14. The normalized spacial score (nSPS) is 26.8. The number of rotatable bonds is 14. The molecule has 3 aromatic rings. The van der Waals surface area contributed by atoms with Crippen LogP contribution in [0.5, 0.6) is 11.5 Å². The Morgan fingerprint density at radius 3 is 1.78 bits per heavy atom. The molecule has 0 bridgehead atoms. The van der Waals surface area contributed by atoms with Gasteiger partial charge in [-0.2, -0.15) is 0 Å². The van der Waals surface area contributed by atoms with Gasteiger partial charge in [0.2, 0.25) is 5.91 Å². The van der Waals surface area contributed by atoms with Crippen LogP contribution >= 0.6 is 18.5 Å². The third-order valence-electron chi connectivity index (χ3n) is 9.35. The fraction of sp³-hybridized carbons (Fsp3) is 0.500. The van der Waals surface area contributed by atoms with Gasteiger partial charge >= 0.3 is 0 Å². The molecule has 0 saturated carbocycles. The molecule has 274 valence electrons. The van der Waals surface area contributed by atoms with Crippen LogP contribution < -0.4 is 14.8 Å². The van der Waals surface area contributed by atoms with E-state index in [-0.39, 0.29) is 42.6 Å². The fourth-order valence-electron chi connectivity index (χ4n) is 6.85. The van der Waals surface area contributed by atoms with Crippen molar-refractivity contribution >= 4 is 24.4 Å². The van der Waals surface area contributed by atoms with Crippen LogP contribution in [-0.2, 0) is 34.1 Å². The van der Waals surface area contributed by atoms with Gasteiger partial charge in [-0.3, -0.25) is 4.79 Å². The number of carbonyl (C=O) groups excluding carboxylic acids is 1. The Morgan fingerprint density at radius 1 is 0.800 bits per heavy atom. The van der Waals surface area contributed by atoms with Gasteiger partial charge in [0.05, 0.1) is 44.9 Å². The third kappa shape index (κ3) is 8.68. The van der Waals surface area contributed by atoms with Crippen molar-refractivity contribution < 1.29 is 43.1 Å². The largest absolute Gasteiger partial charge is 0.497 e. The van der Waals surface area contributed by atoms with Crippen molar-refractivity contribution in [3.8, 4) is 11.5 Å². The maximum atomic E-state index is 13.5. The van der Waals surface area contributed by atoms with Gasteiger partial charge in [0.1, 0.15) is 41.3 Å². The van der Waals surface area contributed by atoms with Crippen LogP contribution in [0.1, 0.15) is 43.9 Å². The number of carbonyl (C=O) groups is 1. The molecule has 11 atom stereocenters. The first kappa shape index (κ1) is 40.1. The summed E-state index contributed by atoms with van der Waals surface area (Å²) < 4.78 is 41.7. The number of amides is 1. The predicted molar refractivity (Wildman–Crippen MR) is 200 cm³/mol. The highest BCUT2D eigenvalue weighted by atomic mass is 31.0. The zero-order valence-electron chi connectivity index (χ0n) is 30.0. The molecule has 50 heavy (non-hydrogen) atoms. The second-order valence-corrected chi connectivity index (χ2v) is 13.4. The topological polar surface area (TPSA) is 114 Å². The Hall–Kier alpha value is -2.65. The molecule has 5 rings (SSSR count). The molecular weight excluding hydrogens is 676 g/mol. The highest BCUT2D eigenvalue weighted by Gasteiger charge is 2.48. The van der Waals surface area contributed by atoms with Gasteiger partial charge in [0.25, 0.3) is 0 Å². The van der Waals surface area contributed by atoms with Crippen LogP contribution in [0.4, 0.5) is 0 Å². The van der Waals surface area contributed by atoms with Gasteiger partial charge in [-0.05, 0) is 47.9 Å². The highest BCUT2D eigenvalue weighted by Crippen LogP contribution is 2.44. The number of hydrogen-bond donors (Lipinski definition) is 2. The summed E-state index contributed by atoms with van der Waals surface area (Å²) in [5, 5.41) is 13.8. The van der Waals surface area contributed by atoms with Gasteiger partial charge in [-0.15, -0.1) is 18.5 Å². The number of nitrogens with one attached hydrogen (secondary N) is 1. The van der Waals surface area contributed by atoms with Crippen LogP contribution in [0.2, 0.25) is 0 Å². The van der Waals surface area contributed by atoms with Crippen LogP contribution in [0.25, 0.3) is 0 Å². The molecule has 2 fully saturated rings. The average Bonchev–Trinajstić information content (AvgIpc) is 3.62. The zero-order chi connectivity index (χ0) is 36.4. The Balaban J connectivity index is 0.00000276. The first-order chi connectivity index (χ1) is 24.2. The quantitative estimate of drug-likeness (QED) is 0.172. The van der Waals surface area contributed by atoms with Crippen molar-refractivity contribution in [2.24, 2.45) is 5.92 Å². The maximum absolute atomic E-state index is 13.5. The summed E-state index contributed by atoms with van der Waals surface area (Å²) in [6, 6.07) is 25.2. The molecule has 2 aliphatic heterocycles. The van der Waals surface area contributed by atoms with E-state index in [0.717, 1.165) is 28.2 Å². The van der Waals surface area contributed by atoms with Gasteiger partial charge < -0.3 is 43.6 Å². The smallest absolute Gasteiger partial charge is 0.220 e. The summed E-state index contributed by atoms with van der Waals surface area (Å²) in [4.78, 5) is 13.5. The van der Waals surface area contributed by atoms with E-state index in [1.807, 2.05) is 99.6 Å². The summed E-state index contributed by atoms with van der Waals surface area (Å²) in [5.41, 5.74) is 1.66. The van der Waals surface area contributed by atoms with Gasteiger partial charge in [-0.1, -0.05) is 68.4 Å². The minimum atomic E-state index is -1.05. The first-order valence-electron chi connectivity index (χ1n) is 17.0. The van der Waals surface area contributed by atoms with Crippen molar-refractivity contribution in [2.75, 3.05) is 35.0 Å². The summed E-state index contributed by atoms with van der Waals surface area (Å²) in [6.07, 6.45) is -2.74. The monoisotopic (exact) mass is 729 g/mol. The summed E-state index contributed by atoms with van der Waals surface area (Å²) in [6.45, 7) is 5.97. The van der Waals surface area contributed by atoms with Crippen molar-refractivity contribution in [3.63, 3.8) is 0 Å². The number of ether oxygens (including phenoxy) is 7. The lowest BCUT2D eigenvalue weighted by molar-refractivity contribution is -0.126. The van der Waals surface area contributed by atoms with E-state index in [1.54, 1.807) is 21.3 Å². The van der Waals surface area contributed by atoms with E-state index < -0.39 is 36.1 Å². The number of aliphatic hydroxyl groups is 1. The van der Waals surface area contributed by atoms with Crippen molar-refractivity contribution in [1.82, 2.24) is 5.32 Å². The fourth-order valence-corrected chi connectivity index (χ4v) is 8.06. The second-order valence-electron chi connectivity index (χ2n) is 12.1. The van der Waals surface area contributed by atoms with Gasteiger partial charge in [0, 0.05) is 26.6 Å². The minimum Gasteiger partial charge on any atom is -0.497 e. The van der Waals surface area contributed by atoms with Crippen molar-refractivity contribution in [1.29, 1.82) is 0 Å². The molecule has 10 unspecified atom stereocenters. The first-order valence-corrected chi connectivity index (χ1v) is 18.3. The lowest BCUT2D eigenvalue weighted by atomic mass is 9.80. The Kier molecular flexibility index (Phi) is 15.0. The minimum absolute atomic E-state index is 0.117. The zero-order valence-corrected chi connectivity index (χ0v) is 32.3. The van der Waals surface area contributed by atoms with Crippen LogP contribution in [0.15, 0.2) is 78.9 Å². The number of methoxy groups -OCH3 is 4. The molecule has 1 amide bonds. The molecular formula is C38H53NO9P2. The van der Waals surface area contributed by atoms with Crippen molar-refractivity contribution in [2.45, 2.75) is 81.0 Å². The van der Waals surface area contributed by atoms with Gasteiger partial charge in [-0.25, -0.2) is 0 Å². The van der Waals surface area contributed by atoms with Gasteiger partial charge in [0.15, 0.2) is 0 Å². The molecule has 10 nitrogen and oxygen atoms in total. The van der Waals surface area contributed by atoms with E-state index in [1.165, 1.54) is 7.11 Å². The molecule has 2 N–H and O–H groups in total. The summed E-state index contributed by atoms with van der Waals surface area (Å²) in [7, 11) is 11.7. The standard InChI is InChI=1S/C36H47NO9P2.C2H6/c1-21(31-30(39)33(43-5)35(48)46-31)37-29(38)19-27-28(45-34(47)32(27)42-4)20-44-36(22-9-7-6-8-10-22,23-11-15-25(40-2)16-12-23)24-13-17-26(41-3)18-14-24;1-2/h6-18,21,27-28,30-35,39H,19-20,47-48H2,1-5H3,(H,37,38);1-2H3/t21-,27?,28?,30?,31?,32?,33?,34?,35?;/m0./s1. The Morgan fingerprint density at radius 2 is 1.30 bits per heavy atom. The Bertz CT molecular complexity index is 1420. The Labute approximate surface area is 301 Å². The SMILES string of the molecule is CC.COc1ccc(C(OCC2OC(P)C(OC)C2CC(=O)N[C@@H](C)C2OC(P)C(OC)C2O)(c2ccccc2)c2ccc(OC)cc2)cc1. The molecule has 2 saturated heterocycles. The molecule has 2 heterocycles. The summed E-state index contributed by atoms with van der Waals surface area (Å²) >= 11 is 0. The lowest BCUT2D eigenvalue weighted by Gasteiger charge is -2.37. The van der Waals surface area contributed by atoms with E-state index >= 15 is 0 Å². The van der Waals surface area contributed by atoms with E-state index in [0.29, 0.717) is 0 Å². The number of hydrogen-bond acceptors (Lipinski definition) is 9. The molecule has 0 aromatic heterocycles. The molecule has 12 heteroatoms.